The highest BCUT2D eigenvalue weighted by Crippen LogP contribution is 2.19. The van der Waals surface area contributed by atoms with Gasteiger partial charge < -0.3 is 9.64 Å². The second kappa shape index (κ2) is 6.75. The third-order valence-corrected chi connectivity index (χ3v) is 4.12. The number of ether oxygens (including phenoxy) is 1. The van der Waals surface area contributed by atoms with Crippen molar-refractivity contribution in [1.82, 2.24) is 9.80 Å². The van der Waals surface area contributed by atoms with Gasteiger partial charge in [0.15, 0.2) is 0 Å². The van der Waals surface area contributed by atoms with Crippen LogP contribution in [0.5, 0.6) is 5.75 Å². The Bertz CT molecular complexity index is 440. The lowest BCUT2D eigenvalue weighted by Crippen LogP contribution is -2.38. The fourth-order valence-electron chi connectivity index (χ4n) is 2.88. The van der Waals surface area contributed by atoms with Gasteiger partial charge in [-0.05, 0) is 43.8 Å². The highest BCUT2D eigenvalue weighted by Gasteiger charge is 2.29. The molecule has 0 spiro atoms. The van der Waals surface area contributed by atoms with Crippen molar-refractivity contribution >= 4 is 5.91 Å². The molecule has 20 heavy (non-hydrogen) atoms. The first-order valence-corrected chi connectivity index (χ1v) is 7.37. The quantitative estimate of drug-likeness (QED) is 0.827. The number of hydrogen-bond acceptors (Lipinski definition) is 3. The molecular formula is C16H24N2O2. The van der Waals surface area contributed by atoms with E-state index < -0.39 is 0 Å². The molecule has 0 bridgehead atoms. The maximum atomic E-state index is 12.5. The summed E-state index contributed by atoms with van der Waals surface area (Å²) in [6.45, 7) is 8.14. The van der Waals surface area contributed by atoms with Crippen LogP contribution in [-0.2, 0) is 0 Å². The molecule has 0 aromatic heterocycles. The molecule has 0 saturated carbocycles. The van der Waals surface area contributed by atoms with Crippen molar-refractivity contribution in [1.29, 1.82) is 0 Å². The standard InChI is InChI=1S/C16H24N2O2/c1-4-17(5-2)14-10-11-18(12-14)16(19)13-6-8-15(20-3)9-7-13/h6-9,14H,4-5,10-12H2,1-3H3. The summed E-state index contributed by atoms with van der Waals surface area (Å²) in [6.07, 6.45) is 1.07. The van der Waals surface area contributed by atoms with Gasteiger partial charge in [-0.2, -0.15) is 0 Å². The number of benzene rings is 1. The minimum Gasteiger partial charge on any atom is -0.497 e. The van der Waals surface area contributed by atoms with E-state index >= 15 is 0 Å². The molecule has 1 amide bonds. The number of likely N-dealkylation sites (N-methyl/N-ethyl adjacent to an activating group) is 1. The lowest BCUT2D eigenvalue weighted by Gasteiger charge is -2.26. The van der Waals surface area contributed by atoms with Crippen LogP contribution in [0.15, 0.2) is 24.3 Å². The Morgan fingerprint density at radius 2 is 1.95 bits per heavy atom. The SMILES string of the molecule is CCN(CC)C1CCN(C(=O)c2ccc(OC)cc2)C1. The molecule has 1 fully saturated rings. The molecule has 0 aliphatic carbocycles. The van der Waals surface area contributed by atoms with Crippen LogP contribution in [0.3, 0.4) is 0 Å². The second-order valence-electron chi connectivity index (χ2n) is 5.14. The second-order valence-corrected chi connectivity index (χ2v) is 5.14. The molecule has 1 atom stereocenters. The van der Waals surface area contributed by atoms with Crippen LogP contribution < -0.4 is 4.74 Å². The third kappa shape index (κ3) is 3.12. The molecule has 1 saturated heterocycles. The Morgan fingerprint density at radius 1 is 1.30 bits per heavy atom. The zero-order valence-electron chi connectivity index (χ0n) is 12.6. The van der Waals surface area contributed by atoms with Crippen molar-refractivity contribution in [2.75, 3.05) is 33.3 Å². The van der Waals surface area contributed by atoms with Crippen molar-refractivity contribution in [3.63, 3.8) is 0 Å². The first-order valence-electron chi connectivity index (χ1n) is 7.37. The van der Waals surface area contributed by atoms with E-state index in [-0.39, 0.29) is 5.91 Å². The van der Waals surface area contributed by atoms with Crippen molar-refractivity contribution in [2.24, 2.45) is 0 Å². The number of likely N-dealkylation sites (tertiary alicyclic amines) is 1. The average Bonchev–Trinajstić information content (AvgIpc) is 2.97. The number of rotatable bonds is 5. The van der Waals surface area contributed by atoms with Crippen molar-refractivity contribution in [3.05, 3.63) is 29.8 Å². The Kier molecular flexibility index (Phi) is 5.01. The van der Waals surface area contributed by atoms with Gasteiger partial charge in [0, 0.05) is 24.7 Å². The maximum Gasteiger partial charge on any atom is 0.253 e. The van der Waals surface area contributed by atoms with Gasteiger partial charge in [-0.3, -0.25) is 9.69 Å². The first kappa shape index (κ1) is 14.9. The number of carbonyl (C=O) groups excluding carboxylic acids is 1. The number of hydrogen-bond donors (Lipinski definition) is 0. The molecule has 110 valence electrons. The van der Waals surface area contributed by atoms with Crippen LogP contribution in [0.4, 0.5) is 0 Å². The van der Waals surface area contributed by atoms with E-state index in [0.29, 0.717) is 6.04 Å². The number of amides is 1. The van der Waals surface area contributed by atoms with Gasteiger partial charge in [0.2, 0.25) is 0 Å². The fourth-order valence-corrected chi connectivity index (χ4v) is 2.88. The van der Waals surface area contributed by atoms with Crippen molar-refractivity contribution in [2.45, 2.75) is 26.3 Å². The van der Waals surface area contributed by atoms with Gasteiger partial charge in [-0.1, -0.05) is 13.8 Å². The summed E-state index contributed by atoms with van der Waals surface area (Å²) >= 11 is 0. The molecule has 1 aromatic carbocycles. The van der Waals surface area contributed by atoms with Crippen molar-refractivity contribution in [3.8, 4) is 5.75 Å². The summed E-state index contributed by atoms with van der Waals surface area (Å²) in [4.78, 5) is 16.9. The van der Waals surface area contributed by atoms with Crippen molar-refractivity contribution < 1.29 is 9.53 Å². The molecule has 4 heteroatoms. The molecule has 4 nitrogen and oxygen atoms in total. The summed E-state index contributed by atoms with van der Waals surface area (Å²) in [5.74, 6) is 0.909. The lowest BCUT2D eigenvalue weighted by molar-refractivity contribution is 0.0778. The molecule has 0 radical (unpaired) electrons. The van der Waals surface area contributed by atoms with Crippen LogP contribution in [0.2, 0.25) is 0 Å². The number of nitrogens with zero attached hydrogens (tertiary/aromatic N) is 2. The highest BCUT2D eigenvalue weighted by atomic mass is 16.5. The van der Waals surface area contributed by atoms with E-state index in [1.807, 2.05) is 29.2 Å². The van der Waals surface area contributed by atoms with E-state index in [0.717, 1.165) is 43.9 Å². The Balaban J connectivity index is 2.00. The van der Waals surface area contributed by atoms with Crippen LogP contribution in [-0.4, -0.2) is 55.0 Å². The van der Waals surface area contributed by atoms with E-state index in [4.69, 9.17) is 4.74 Å². The molecule has 1 unspecified atom stereocenters. The topological polar surface area (TPSA) is 32.8 Å². The molecular weight excluding hydrogens is 252 g/mol. The highest BCUT2D eigenvalue weighted by molar-refractivity contribution is 5.94. The zero-order valence-corrected chi connectivity index (χ0v) is 12.6. The number of carbonyl (C=O) groups is 1. The van der Waals surface area contributed by atoms with Gasteiger partial charge in [-0.25, -0.2) is 0 Å². The lowest BCUT2D eigenvalue weighted by atomic mass is 10.2. The van der Waals surface area contributed by atoms with Gasteiger partial charge >= 0.3 is 0 Å². The minimum atomic E-state index is 0.127. The molecule has 1 aromatic rings. The summed E-state index contributed by atoms with van der Waals surface area (Å²) in [5.41, 5.74) is 0.742. The smallest absolute Gasteiger partial charge is 0.253 e. The van der Waals surface area contributed by atoms with Crippen LogP contribution >= 0.6 is 0 Å². The Hall–Kier alpha value is -1.55. The van der Waals surface area contributed by atoms with Gasteiger partial charge in [0.05, 0.1) is 7.11 Å². The molecule has 1 aliphatic heterocycles. The van der Waals surface area contributed by atoms with Gasteiger partial charge in [0.1, 0.15) is 5.75 Å². The van der Waals surface area contributed by atoms with Gasteiger partial charge in [0.25, 0.3) is 5.91 Å². The van der Waals surface area contributed by atoms with Crippen LogP contribution in [0.25, 0.3) is 0 Å². The molecule has 1 aliphatic rings. The van der Waals surface area contributed by atoms with E-state index in [9.17, 15) is 4.79 Å². The largest absolute Gasteiger partial charge is 0.497 e. The zero-order chi connectivity index (χ0) is 14.5. The Labute approximate surface area is 121 Å². The first-order chi connectivity index (χ1) is 9.69. The van der Waals surface area contributed by atoms with E-state index in [2.05, 4.69) is 18.7 Å². The van der Waals surface area contributed by atoms with E-state index in [1.54, 1.807) is 7.11 Å². The van der Waals surface area contributed by atoms with Crippen LogP contribution in [0, 0.1) is 0 Å². The average molecular weight is 276 g/mol. The summed E-state index contributed by atoms with van der Waals surface area (Å²) in [5, 5.41) is 0. The van der Waals surface area contributed by atoms with Crippen LogP contribution in [0.1, 0.15) is 30.6 Å². The predicted octanol–water partition coefficient (Wildman–Crippen LogP) is 2.25. The maximum absolute atomic E-state index is 12.5. The third-order valence-electron chi connectivity index (χ3n) is 4.12. The summed E-state index contributed by atoms with van der Waals surface area (Å²) in [6, 6.07) is 7.86. The monoisotopic (exact) mass is 276 g/mol. The predicted molar refractivity (Wildman–Crippen MR) is 80.2 cm³/mol. The summed E-state index contributed by atoms with van der Waals surface area (Å²) in [7, 11) is 1.63. The summed E-state index contributed by atoms with van der Waals surface area (Å²) < 4.78 is 5.12. The number of methoxy groups -OCH3 is 1. The minimum absolute atomic E-state index is 0.127. The van der Waals surface area contributed by atoms with Gasteiger partial charge in [-0.15, -0.1) is 0 Å². The molecule has 0 N–H and O–H groups in total. The Morgan fingerprint density at radius 3 is 2.50 bits per heavy atom. The normalized spacial score (nSPS) is 18.6. The van der Waals surface area contributed by atoms with E-state index in [1.165, 1.54) is 0 Å². The fraction of sp³-hybridized carbons (Fsp3) is 0.562. The molecule has 2 rings (SSSR count). The molecule has 1 heterocycles.